The molecular formula is C12H15Cl2NO4. The molecule has 1 aromatic rings. The topological polar surface area (TPSA) is 92.8 Å². The van der Waals surface area contributed by atoms with Crippen molar-refractivity contribution in [3.8, 4) is 0 Å². The van der Waals surface area contributed by atoms with E-state index in [1.165, 1.54) is 12.1 Å². The number of ether oxygens (including phenoxy) is 1. The summed E-state index contributed by atoms with van der Waals surface area (Å²) in [5.41, 5.74) is 6.02. The van der Waals surface area contributed by atoms with Crippen LogP contribution in [-0.2, 0) is 9.53 Å². The van der Waals surface area contributed by atoms with Crippen molar-refractivity contribution in [1.29, 1.82) is 0 Å². The predicted molar refractivity (Wildman–Crippen MR) is 73.1 cm³/mol. The van der Waals surface area contributed by atoms with Crippen LogP contribution in [0.3, 0.4) is 0 Å². The monoisotopic (exact) mass is 307 g/mol. The molecule has 1 rings (SSSR count). The quantitative estimate of drug-likeness (QED) is 0.571. The van der Waals surface area contributed by atoms with E-state index >= 15 is 0 Å². The minimum Gasteiger partial charge on any atom is -0.466 e. The van der Waals surface area contributed by atoms with E-state index in [1.54, 1.807) is 6.92 Å². The van der Waals surface area contributed by atoms with Gasteiger partial charge in [0, 0.05) is 5.56 Å². The molecule has 4 N–H and O–H groups in total. The first-order valence-corrected chi connectivity index (χ1v) is 6.39. The Kier molecular flexibility index (Phi) is 5.87. The van der Waals surface area contributed by atoms with Gasteiger partial charge in [0.2, 0.25) is 0 Å². The summed E-state index contributed by atoms with van der Waals surface area (Å²) in [5.74, 6) is -0.605. The molecule has 0 heterocycles. The Balaban J connectivity index is 2.85. The molecule has 2 unspecified atom stereocenters. The fourth-order valence-corrected chi connectivity index (χ4v) is 1.97. The number of hydrogen-bond acceptors (Lipinski definition) is 5. The van der Waals surface area contributed by atoms with Crippen molar-refractivity contribution in [2.75, 3.05) is 12.3 Å². The third-order valence-corrected chi connectivity index (χ3v) is 3.42. The van der Waals surface area contributed by atoms with Gasteiger partial charge in [-0.3, -0.25) is 4.79 Å². The summed E-state index contributed by atoms with van der Waals surface area (Å²) < 4.78 is 4.68. The lowest BCUT2D eigenvalue weighted by molar-refractivity contribution is -0.147. The van der Waals surface area contributed by atoms with Gasteiger partial charge in [0.05, 0.1) is 34.9 Å². The molecule has 0 aromatic heterocycles. The van der Waals surface area contributed by atoms with Crippen LogP contribution in [0.2, 0.25) is 10.0 Å². The standard InChI is InChI=1S/C12H15Cl2NO4/c1-2-19-9(17)5-8(16)12(18)6-3-4-7(15)11(14)10(6)13/h3-4,8,12,16,18H,2,5,15H2,1H3. The number of carbonyl (C=O) groups is 1. The Labute approximate surface area is 120 Å². The Morgan fingerprint density at radius 2 is 2.00 bits per heavy atom. The van der Waals surface area contributed by atoms with E-state index in [4.69, 9.17) is 28.9 Å². The highest BCUT2D eigenvalue weighted by Crippen LogP contribution is 2.35. The Morgan fingerprint density at radius 3 is 2.58 bits per heavy atom. The van der Waals surface area contributed by atoms with Gasteiger partial charge in [-0.05, 0) is 13.0 Å². The highest BCUT2D eigenvalue weighted by molar-refractivity contribution is 6.44. The van der Waals surface area contributed by atoms with Crippen LogP contribution in [0.4, 0.5) is 5.69 Å². The van der Waals surface area contributed by atoms with Crippen molar-refractivity contribution in [2.45, 2.75) is 25.6 Å². The maximum atomic E-state index is 11.2. The van der Waals surface area contributed by atoms with Crippen LogP contribution in [0.15, 0.2) is 12.1 Å². The lowest BCUT2D eigenvalue weighted by Crippen LogP contribution is -2.23. The van der Waals surface area contributed by atoms with Gasteiger partial charge in [-0.25, -0.2) is 0 Å². The normalized spacial score (nSPS) is 13.9. The van der Waals surface area contributed by atoms with Crippen molar-refractivity contribution in [1.82, 2.24) is 0 Å². The van der Waals surface area contributed by atoms with E-state index in [1.807, 2.05) is 0 Å². The molecule has 0 saturated carbocycles. The minimum atomic E-state index is -1.35. The number of carbonyl (C=O) groups excluding carboxylic acids is 1. The molecule has 0 amide bonds. The van der Waals surface area contributed by atoms with Gasteiger partial charge < -0.3 is 20.7 Å². The summed E-state index contributed by atoms with van der Waals surface area (Å²) in [7, 11) is 0. The summed E-state index contributed by atoms with van der Waals surface area (Å²) in [5, 5.41) is 19.9. The number of nitrogen functional groups attached to an aromatic ring is 1. The van der Waals surface area contributed by atoms with Gasteiger partial charge in [0.25, 0.3) is 0 Å². The molecule has 0 aliphatic heterocycles. The number of halogens is 2. The second-order valence-electron chi connectivity index (χ2n) is 3.89. The third kappa shape index (κ3) is 3.98. The first-order valence-electron chi connectivity index (χ1n) is 5.63. The summed E-state index contributed by atoms with van der Waals surface area (Å²) in [6.07, 6.45) is -3.03. The first kappa shape index (κ1) is 16.0. The smallest absolute Gasteiger partial charge is 0.308 e. The molecule has 0 spiro atoms. The molecule has 5 nitrogen and oxygen atoms in total. The molecule has 19 heavy (non-hydrogen) atoms. The van der Waals surface area contributed by atoms with Crippen molar-refractivity contribution < 1.29 is 19.7 Å². The zero-order valence-electron chi connectivity index (χ0n) is 10.3. The molecule has 2 atom stereocenters. The summed E-state index contributed by atoms with van der Waals surface area (Å²) in [4.78, 5) is 11.2. The molecule has 0 aliphatic rings. The van der Waals surface area contributed by atoms with E-state index in [0.717, 1.165) is 0 Å². The Morgan fingerprint density at radius 1 is 1.37 bits per heavy atom. The van der Waals surface area contributed by atoms with E-state index in [0.29, 0.717) is 0 Å². The van der Waals surface area contributed by atoms with Gasteiger partial charge in [-0.15, -0.1) is 0 Å². The number of hydrogen-bond donors (Lipinski definition) is 3. The second kappa shape index (κ2) is 6.96. The van der Waals surface area contributed by atoms with Crippen LogP contribution in [0.25, 0.3) is 0 Å². The summed E-state index contributed by atoms with van der Waals surface area (Å²) in [6.45, 7) is 1.85. The molecule has 106 valence electrons. The number of benzene rings is 1. The van der Waals surface area contributed by atoms with Crippen LogP contribution in [0.5, 0.6) is 0 Å². The van der Waals surface area contributed by atoms with Crippen molar-refractivity contribution >= 4 is 34.9 Å². The maximum Gasteiger partial charge on any atom is 0.308 e. The fourth-order valence-electron chi connectivity index (χ4n) is 1.52. The largest absolute Gasteiger partial charge is 0.466 e. The average molecular weight is 308 g/mol. The van der Waals surface area contributed by atoms with Crippen LogP contribution < -0.4 is 5.73 Å². The molecule has 0 fully saturated rings. The molecule has 7 heteroatoms. The minimum absolute atomic E-state index is 0.0528. The van der Waals surface area contributed by atoms with Gasteiger partial charge in [-0.1, -0.05) is 29.3 Å². The van der Waals surface area contributed by atoms with E-state index < -0.39 is 18.2 Å². The summed E-state index contributed by atoms with van der Waals surface area (Å²) in [6, 6.07) is 2.91. The fraction of sp³-hybridized carbons (Fsp3) is 0.417. The van der Waals surface area contributed by atoms with Crippen LogP contribution in [0.1, 0.15) is 25.0 Å². The van der Waals surface area contributed by atoms with Crippen LogP contribution in [0, 0.1) is 0 Å². The highest BCUT2D eigenvalue weighted by Gasteiger charge is 2.25. The van der Waals surface area contributed by atoms with E-state index in [-0.39, 0.29) is 34.3 Å². The highest BCUT2D eigenvalue weighted by atomic mass is 35.5. The second-order valence-corrected chi connectivity index (χ2v) is 4.65. The molecule has 0 saturated heterocycles. The van der Waals surface area contributed by atoms with Crippen molar-refractivity contribution in [3.63, 3.8) is 0 Å². The first-order chi connectivity index (χ1) is 8.88. The lowest BCUT2D eigenvalue weighted by Gasteiger charge is -2.19. The van der Waals surface area contributed by atoms with Crippen LogP contribution in [-0.4, -0.2) is 28.9 Å². The number of aliphatic hydroxyl groups excluding tert-OH is 2. The molecule has 0 bridgehead atoms. The Bertz CT molecular complexity index is 467. The number of rotatable bonds is 5. The third-order valence-electron chi connectivity index (χ3n) is 2.51. The van der Waals surface area contributed by atoms with Crippen molar-refractivity contribution in [3.05, 3.63) is 27.7 Å². The van der Waals surface area contributed by atoms with Gasteiger partial charge in [-0.2, -0.15) is 0 Å². The maximum absolute atomic E-state index is 11.2. The number of aliphatic hydroxyl groups is 2. The van der Waals surface area contributed by atoms with Gasteiger partial charge in [0.15, 0.2) is 0 Å². The molecular weight excluding hydrogens is 293 g/mol. The number of esters is 1. The van der Waals surface area contributed by atoms with E-state index in [2.05, 4.69) is 4.74 Å². The number of anilines is 1. The molecule has 0 radical (unpaired) electrons. The number of nitrogens with two attached hydrogens (primary N) is 1. The summed E-state index contributed by atoms with van der Waals surface area (Å²) >= 11 is 11.8. The predicted octanol–water partition coefficient (Wildman–Crippen LogP) is 1.92. The SMILES string of the molecule is CCOC(=O)CC(O)C(O)c1ccc(N)c(Cl)c1Cl. The van der Waals surface area contributed by atoms with Gasteiger partial charge >= 0.3 is 5.97 Å². The van der Waals surface area contributed by atoms with Gasteiger partial charge in [0.1, 0.15) is 6.10 Å². The zero-order chi connectivity index (χ0) is 14.6. The van der Waals surface area contributed by atoms with E-state index in [9.17, 15) is 15.0 Å². The van der Waals surface area contributed by atoms with Crippen molar-refractivity contribution in [2.24, 2.45) is 0 Å². The average Bonchev–Trinajstić information content (AvgIpc) is 2.35. The zero-order valence-corrected chi connectivity index (χ0v) is 11.8. The molecule has 0 aliphatic carbocycles. The van der Waals surface area contributed by atoms with Crippen LogP contribution >= 0.6 is 23.2 Å². The molecule has 1 aromatic carbocycles. The lowest BCUT2D eigenvalue weighted by atomic mass is 10.0. The Hall–Kier alpha value is -1.01.